The van der Waals surface area contributed by atoms with Crippen molar-refractivity contribution in [3.63, 3.8) is 0 Å². The van der Waals surface area contributed by atoms with Crippen LogP contribution in [0.3, 0.4) is 0 Å². The van der Waals surface area contributed by atoms with Gasteiger partial charge in [-0.25, -0.2) is 0 Å². The lowest BCUT2D eigenvalue weighted by molar-refractivity contribution is -0.127. The van der Waals surface area contributed by atoms with E-state index in [4.69, 9.17) is 16.3 Å². The van der Waals surface area contributed by atoms with Gasteiger partial charge in [0.2, 0.25) is 5.91 Å². The van der Waals surface area contributed by atoms with Crippen LogP contribution in [0.4, 0.5) is 5.69 Å². The summed E-state index contributed by atoms with van der Waals surface area (Å²) in [6, 6.07) is 12.4. The molecule has 49 heavy (non-hydrogen) atoms. The van der Waals surface area contributed by atoms with Gasteiger partial charge in [0.1, 0.15) is 0 Å². The monoisotopic (exact) mass is 687 g/mol. The Hall–Kier alpha value is -3.92. The normalized spacial score (nSPS) is 18.3. The van der Waals surface area contributed by atoms with Crippen molar-refractivity contribution in [3.05, 3.63) is 97.9 Å². The Balaban J connectivity index is 1.49. The summed E-state index contributed by atoms with van der Waals surface area (Å²) in [6.45, 7) is 15.4. The van der Waals surface area contributed by atoms with Crippen molar-refractivity contribution in [3.8, 4) is 11.1 Å². The fraction of sp³-hybridized carbons (Fsp3) is 0.462. The lowest BCUT2D eigenvalue weighted by Gasteiger charge is -2.40. The van der Waals surface area contributed by atoms with E-state index >= 15 is 0 Å². The molecular weight excluding hydrogens is 638 g/mol. The van der Waals surface area contributed by atoms with Crippen molar-refractivity contribution in [2.24, 2.45) is 5.92 Å². The van der Waals surface area contributed by atoms with E-state index in [1.54, 1.807) is 7.11 Å². The number of amides is 2. The van der Waals surface area contributed by atoms with E-state index in [-0.39, 0.29) is 36.1 Å². The number of rotatable bonds is 11. The van der Waals surface area contributed by atoms with Crippen molar-refractivity contribution < 1.29 is 14.3 Å². The third kappa shape index (κ3) is 8.28. The van der Waals surface area contributed by atoms with Gasteiger partial charge in [-0.15, -0.1) is 0 Å². The number of aromatic nitrogens is 1. The fourth-order valence-corrected chi connectivity index (χ4v) is 7.74. The predicted octanol–water partition coefficient (Wildman–Crippen LogP) is 5.72. The molecule has 0 saturated carbocycles. The second kappa shape index (κ2) is 16.2. The number of aryl methyl sites for hydroxylation is 2. The van der Waals surface area contributed by atoms with Crippen LogP contribution in [0.2, 0.25) is 5.02 Å². The third-order valence-corrected chi connectivity index (χ3v) is 10.7. The molecule has 2 aromatic carbocycles. The molecule has 2 amide bonds. The summed E-state index contributed by atoms with van der Waals surface area (Å²) in [6.07, 6.45) is 5.01. The van der Waals surface area contributed by atoms with Gasteiger partial charge in [0.05, 0.1) is 6.10 Å². The molecule has 0 spiro atoms. The Morgan fingerprint density at radius 3 is 2.51 bits per heavy atom. The summed E-state index contributed by atoms with van der Waals surface area (Å²) < 4.78 is 5.75. The molecule has 5 rings (SSSR count). The van der Waals surface area contributed by atoms with Gasteiger partial charge in [-0.2, -0.15) is 0 Å². The van der Waals surface area contributed by atoms with Gasteiger partial charge in [-0.3, -0.25) is 14.4 Å². The van der Waals surface area contributed by atoms with Crippen molar-refractivity contribution in [1.82, 2.24) is 20.5 Å². The quantitative estimate of drug-likeness (QED) is 0.223. The van der Waals surface area contributed by atoms with E-state index in [0.29, 0.717) is 35.2 Å². The molecule has 0 bridgehead atoms. The minimum Gasteiger partial charge on any atom is -0.380 e. The fourth-order valence-electron chi connectivity index (χ4n) is 7.49. The lowest BCUT2D eigenvalue weighted by atomic mass is 9.87. The average molecular weight is 688 g/mol. The number of ether oxygens (including phenoxy) is 1. The molecule has 2 unspecified atom stereocenters. The maximum Gasteiger partial charge on any atom is 0.253 e. The van der Waals surface area contributed by atoms with Gasteiger partial charge in [-0.1, -0.05) is 30.3 Å². The Morgan fingerprint density at radius 2 is 1.86 bits per heavy atom. The number of carbonyl (C=O) groups is 2. The minimum absolute atomic E-state index is 0.0421. The van der Waals surface area contributed by atoms with Crippen LogP contribution < -0.4 is 21.1 Å². The molecule has 2 saturated heterocycles. The van der Waals surface area contributed by atoms with Crippen LogP contribution in [-0.4, -0.2) is 73.7 Å². The van der Waals surface area contributed by atoms with E-state index < -0.39 is 0 Å². The number of pyridine rings is 1. The minimum atomic E-state index is -0.248. The van der Waals surface area contributed by atoms with E-state index in [0.717, 1.165) is 84.5 Å². The van der Waals surface area contributed by atoms with Crippen LogP contribution in [-0.2, 0) is 22.5 Å². The maximum atomic E-state index is 14.0. The number of hydrogen-bond donors (Lipinski definition) is 3. The Kier molecular flexibility index (Phi) is 12.0. The Labute approximate surface area is 295 Å². The van der Waals surface area contributed by atoms with E-state index in [1.807, 2.05) is 43.9 Å². The summed E-state index contributed by atoms with van der Waals surface area (Å²) in [7, 11) is 1.77. The topological polar surface area (TPSA) is 107 Å². The molecule has 3 aromatic rings. The Bertz CT molecular complexity index is 1750. The van der Waals surface area contributed by atoms with Crippen LogP contribution in [0.25, 0.3) is 11.1 Å². The van der Waals surface area contributed by atoms with Crippen LogP contribution >= 0.6 is 11.6 Å². The zero-order valence-electron chi connectivity index (χ0n) is 29.5. The molecule has 1 aromatic heterocycles. The van der Waals surface area contributed by atoms with Crippen molar-refractivity contribution in [2.45, 2.75) is 72.1 Å². The second-order valence-corrected chi connectivity index (χ2v) is 13.8. The zero-order valence-corrected chi connectivity index (χ0v) is 30.2. The largest absolute Gasteiger partial charge is 0.380 e. The van der Waals surface area contributed by atoms with Crippen molar-refractivity contribution in [1.29, 1.82) is 0 Å². The second-order valence-electron chi connectivity index (χ2n) is 13.4. The van der Waals surface area contributed by atoms with Gasteiger partial charge in [-0.05, 0) is 124 Å². The number of aromatic amines is 1. The SMILES string of the molecule is C=CC(=O)N1CCC(N(CC)c2cc(-c3ccc(CC4CCNCC4OC)c(Cl)c3)cc(C(=O)NCc3c(C)cc(C)[nH]c3=O)c2C)CC1. The molecule has 10 heteroatoms. The number of likely N-dealkylation sites (tertiary alicyclic amines) is 1. The van der Waals surface area contributed by atoms with Gasteiger partial charge >= 0.3 is 0 Å². The standard InChI is InChI=1S/C39H50ClN5O4/c1-7-37(46)44-15-12-31(13-16-44)45(8-2)35-21-30(27-9-10-28(34(40)20-27)18-29-11-14-41-23-36(29)49-6)19-32(26(35)5)38(47)42-22-33-24(3)17-25(4)43-39(33)48/h7,9-10,17,19-21,29,31,36,41H,1,8,11-16,18,22-23H2,2-6H3,(H,42,47)(H,43,48). The lowest BCUT2D eigenvalue weighted by Crippen LogP contribution is -2.46. The number of halogens is 1. The zero-order chi connectivity index (χ0) is 35.2. The van der Waals surface area contributed by atoms with Gasteiger partial charge in [0, 0.05) is 73.4 Å². The summed E-state index contributed by atoms with van der Waals surface area (Å²) in [5.41, 5.74) is 7.23. The first kappa shape index (κ1) is 36.4. The first-order valence-electron chi connectivity index (χ1n) is 17.4. The first-order chi connectivity index (χ1) is 23.5. The number of anilines is 1. The highest BCUT2D eigenvalue weighted by Crippen LogP contribution is 2.36. The number of H-pyrrole nitrogens is 1. The van der Waals surface area contributed by atoms with E-state index in [2.05, 4.69) is 52.2 Å². The van der Waals surface area contributed by atoms with Crippen LogP contribution in [0.15, 0.2) is 53.8 Å². The smallest absolute Gasteiger partial charge is 0.253 e. The summed E-state index contributed by atoms with van der Waals surface area (Å²) >= 11 is 6.97. The average Bonchev–Trinajstić information content (AvgIpc) is 3.09. The molecule has 3 N–H and O–H groups in total. The predicted molar refractivity (Wildman–Crippen MR) is 198 cm³/mol. The highest BCUT2D eigenvalue weighted by molar-refractivity contribution is 6.31. The summed E-state index contributed by atoms with van der Waals surface area (Å²) in [4.78, 5) is 46.0. The molecule has 262 valence electrons. The van der Waals surface area contributed by atoms with E-state index in [9.17, 15) is 14.4 Å². The molecule has 2 atom stereocenters. The first-order valence-corrected chi connectivity index (χ1v) is 17.7. The van der Waals surface area contributed by atoms with E-state index in [1.165, 1.54) is 6.08 Å². The highest BCUT2D eigenvalue weighted by Gasteiger charge is 2.29. The van der Waals surface area contributed by atoms with Crippen LogP contribution in [0, 0.1) is 26.7 Å². The van der Waals surface area contributed by atoms with Gasteiger partial charge in [0.15, 0.2) is 0 Å². The highest BCUT2D eigenvalue weighted by atomic mass is 35.5. The van der Waals surface area contributed by atoms with Crippen LogP contribution in [0.1, 0.15) is 64.5 Å². The summed E-state index contributed by atoms with van der Waals surface area (Å²) in [5.74, 6) is 0.0905. The number of benzene rings is 2. The molecule has 0 aliphatic carbocycles. The van der Waals surface area contributed by atoms with Crippen molar-refractivity contribution >= 4 is 29.1 Å². The molecule has 2 fully saturated rings. The number of carbonyl (C=O) groups excluding carboxylic acids is 2. The maximum absolute atomic E-state index is 14.0. The number of nitrogens with zero attached hydrogens (tertiary/aromatic N) is 2. The Morgan fingerprint density at radius 1 is 1.10 bits per heavy atom. The van der Waals surface area contributed by atoms with Gasteiger partial charge in [0.25, 0.3) is 11.5 Å². The molecule has 2 aliphatic heterocycles. The number of nitrogens with one attached hydrogen (secondary N) is 3. The molecule has 2 aliphatic rings. The van der Waals surface area contributed by atoms with Crippen LogP contribution in [0.5, 0.6) is 0 Å². The third-order valence-electron chi connectivity index (χ3n) is 10.3. The van der Waals surface area contributed by atoms with Crippen molar-refractivity contribution in [2.75, 3.05) is 44.7 Å². The molecule has 9 nitrogen and oxygen atoms in total. The number of hydrogen-bond acceptors (Lipinski definition) is 6. The number of piperidine rings is 2. The summed E-state index contributed by atoms with van der Waals surface area (Å²) in [5, 5.41) is 7.13. The molecular formula is C39H50ClN5O4. The number of methoxy groups -OCH3 is 1. The molecule has 3 heterocycles. The van der Waals surface area contributed by atoms with Gasteiger partial charge < -0.3 is 30.2 Å². The molecule has 0 radical (unpaired) electrons.